The van der Waals surface area contributed by atoms with Gasteiger partial charge in [-0.3, -0.25) is 4.99 Å². The van der Waals surface area contributed by atoms with Gasteiger partial charge in [0.1, 0.15) is 6.04 Å². The number of hydrogen-bond acceptors (Lipinski definition) is 3. The Labute approximate surface area is 53.6 Å². The molecule has 0 spiro atoms. The van der Waals surface area contributed by atoms with Crippen molar-refractivity contribution in [3.05, 3.63) is 0 Å². The first kappa shape index (κ1) is 7.51. The third kappa shape index (κ3) is 3.69. The molecule has 0 aromatic carbocycles. The van der Waals surface area contributed by atoms with Gasteiger partial charge in [0.25, 0.3) is 0 Å². The molecule has 0 aliphatic heterocycles. The van der Waals surface area contributed by atoms with Crippen LogP contribution in [0.5, 0.6) is 0 Å². The molecule has 0 aromatic rings. The van der Waals surface area contributed by atoms with E-state index in [1.165, 1.54) is 11.8 Å². The van der Waals surface area contributed by atoms with Crippen LogP contribution in [0.15, 0.2) is 4.99 Å². The van der Waals surface area contributed by atoms with Crippen molar-refractivity contribution in [1.82, 2.24) is 0 Å². The van der Waals surface area contributed by atoms with Gasteiger partial charge in [-0.25, -0.2) is 0 Å². The van der Waals surface area contributed by atoms with E-state index >= 15 is 0 Å². The lowest BCUT2D eigenvalue weighted by Crippen LogP contribution is -1.89. The van der Waals surface area contributed by atoms with Crippen molar-refractivity contribution in [2.75, 3.05) is 6.26 Å². The number of nitriles is 1. The lowest BCUT2D eigenvalue weighted by atomic mass is 10.4. The van der Waals surface area contributed by atoms with E-state index in [1.807, 2.05) is 12.3 Å². The Morgan fingerprint density at radius 2 is 2.50 bits per heavy atom. The lowest BCUT2D eigenvalue weighted by molar-refractivity contribution is 0.950. The molecule has 0 bridgehead atoms. The highest BCUT2D eigenvalue weighted by Gasteiger charge is 1.87. The molecule has 0 N–H and O–H groups in total. The molecule has 0 amide bonds. The molecule has 1 atom stereocenters. The average molecular weight is 128 g/mol. The second-order valence-corrected chi connectivity index (χ2v) is 1.98. The van der Waals surface area contributed by atoms with E-state index < -0.39 is 0 Å². The van der Waals surface area contributed by atoms with E-state index in [2.05, 4.69) is 4.99 Å². The number of hydrogen-bond donors (Lipinski definition) is 0. The molecule has 0 saturated heterocycles. The van der Waals surface area contributed by atoms with Crippen LogP contribution in [0.2, 0.25) is 0 Å². The normalized spacial score (nSPS) is 13.6. The third-order valence-corrected chi connectivity index (χ3v) is 0.909. The van der Waals surface area contributed by atoms with Gasteiger partial charge in [0, 0.05) is 0 Å². The number of thioether (sulfide) groups is 1. The zero-order valence-corrected chi connectivity index (χ0v) is 5.77. The van der Waals surface area contributed by atoms with Crippen LogP contribution in [0.1, 0.15) is 6.92 Å². The predicted octanol–water partition coefficient (Wildman–Crippen LogP) is 1.29. The standard InChI is InChI=1S/C5H8N2S/c1-5(3-6)7-4-8-2/h4-5H,1-2H3/b7-4-. The molecule has 8 heavy (non-hydrogen) atoms. The Morgan fingerprint density at radius 1 is 1.88 bits per heavy atom. The zero-order valence-electron chi connectivity index (χ0n) is 4.96. The fraction of sp³-hybridized carbons (Fsp3) is 0.600. The Kier molecular flexibility index (Phi) is 4.38. The molecule has 0 saturated carbocycles. The molecule has 2 nitrogen and oxygen atoms in total. The second-order valence-electron chi connectivity index (χ2n) is 1.30. The maximum absolute atomic E-state index is 8.19. The van der Waals surface area contributed by atoms with E-state index in [9.17, 15) is 0 Å². The van der Waals surface area contributed by atoms with Gasteiger partial charge in [-0.15, -0.1) is 11.8 Å². The van der Waals surface area contributed by atoms with E-state index in [4.69, 9.17) is 5.26 Å². The fourth-order valence-electron chi connectivity index (χ4n) is 0.185. The predicted molar refractivity (Wildman–Crippen MR) is 37.1 cm³/mol. The van der Waals surface area contributed by atoms with Crippen molar-refractivity contribution in [3.8, 4) is 6.07 Å². The maximum Gasteiger partial charge on any atom is 0.134 e. The number of aliphatic imine (C=N–C) groups is 1. The first-order valence-electron chi connectivity index (χ1n) is 2.25. The molecule has 0 aliphatic carbocycles. The summed E-state index contributed by atoms with van der Waals surface area (Å²) in [7, 11) is 0. The number of nitrogens with zero attached hydrogens (tertiary/aromatic N) is 2. The maximum atomic E-state index is 8.19. The Morgan fingerprint density at radius 3 is 2.88 bits per heavy atom. The minimum absolute atomic E-state index is 0.192. The SMILES string of the molecule is CS/C=N\C(C)C#N. The van der Waals surface area contributed by atoms with Crippen LogP contribution in [-0.2, 0) is 0 Å². The topological polar surface area (TPSA) is 36.1 Å². The molecule has 0 radical (unpaired) electrons. The highest BCUT2D eigenvalue weighted by molar-refractivity contribution is 8.11. The molecule has 44 valence electrons. The monoisotopic (exact) mass is 128 g/mol. The summed E-state index contributed by atoms with van der Waals surface area (Å²) in [5, 5.41) is 8.19. The minimum Gasteiger partial charge on any atom is -0.268 e. The zero-order chi connectivity index (χ0) is 6.41. The molecule has 0 aromatic heterocycles. The van der Waals surface area contributed by atoms with Gasteiger partial charge in [-0.2, -0.15) is 5.26 Å². The van der Waals surface area contributed by atoms with Crippen molar-refractivity contribution in [1.29, 1.82) is 5.26 Å². The van der Waals surface area contributed by atoms with Gasteiger partial charge < -0.3 is 0 Å². The summed E-state index contributed by atoms with van der Waals surface area (Å²) in [6, 6.07) is 1.80. The molecular weight excluding hydrogens is 120 g/mol. The van der Waals surface area contributed by atoms with Crippen molar-refractivity contribution in [2.24, 2.45) is 4.99 Å². The second kappa shape index (κ2) is 4.66. The highest BCUT2D eigenvalue weighted by atomic mass is 32.2. The smallest absolute Gasteiger partial charge is 0.134 e. The third-order valence-electron chi connectivity index (χ3n) is 0.577. The molecule has 0 fully saturated rings. The molecule has 0 rings (SSSR count). The summed E-state index contributed by atoms with van der Waals surface area (Å²) < 4.78 is 0. The highest BCUT2D eigenvalue weighted by Crippen LogP contribution is 1.88. The van der Waals surface area contributed by atoms with E-state index in [0.717, 1.165) is 0 Å². The first-order valence-corrected chi connectivity index (χ1v) is 3.54. The number of rotatable bonds is 2. The van der Waals surface area contributed by atoms with Crippen molar-refractivity contribution in [3.63, 3.8) is 0 Å². The van der Waals surface area contributed by atoms with Crippen molar-refractivity contribution in [2.45, 2.75) is 13.0 Å². The van der Waals surface area contributed by atoms with Gasteiger partial charge in [-0.05, 0) is 13.2 Å². The lowest BCUT2D eigenvalue weighted by Gasteiger charge is -1.86. The molecule has 1 unspecified atom stereocenters. The molecular formula is C5H8N2S. The summed E-state index contributed by atoms with van der Waals surface area (Å²) in [6.07, 6.45) is 1.91. The largest absolute Gasteiger partial charge is 0.268 e. The fourth-order valence-corrected chi connectivity index (χ4v) is 0.490. The van der Waals surface area contributed by atoms with Gasteiger partial charge >= 0.3 is 0 Å². The van der Waals surface area contributed by atoms with Crippen LogP contribution in [-0.4, -0.2) is 17.8 Å². The van der Waals surface area contributed by atoms with Crippen molar-refractivity contribution < 1.29 is 0 Å². The molecule has 0 aliphatic rings. The van der Waals surface area contributed by atoms with Crippen LogP contribution < -0.4 is 0 Å². The van der Waals surface area contributed by atoms with Crippen LogP contribution in [0.25, 0.3) is 0 Å². The van der Waals surface area contributed by atoms with Gasteiger partial charge in [0.2, 0.25) is 0 Å². The summed E-state index contributed by atoms with van der Waals surface area (Å²) in [5.74, 6) is 0. The summed E-state index contributed by atoms with van der Waals surface area (Å²) >= 11 is 1.50. The van der Waals surface area contributed by atoms with E-state index in [1.54, 1.807) is 12.5 Å². The minimum atomic E-state index is -0.192. The van der Waals surface area contributed by atoms with Gasteiger partial charge in [0.05, 0.1) is 11.6 Å². The average Bonchev–Trinajstić information content (AvgIpc) is 1.83. The Balaban J connectivity index is 3.40. The quantitative estimate of drug-likeness (QED) is 0.415. The molecule has 0 heterocycles. The van der Waals surface area contributed by atoms with Gasteiger partial charge in [-0.1, -0.05) is 0 Å². The van der Waals surface area contributed by atoms with Crippen LogP contribution in [0.4, 0.5) is 0 Å². The van der Waals surface area contributed by atoms with Crippen LogP contribution in [0.3, 0.4) is 0 Å². The van der Waals surface area contributed by atoms with Crippen LogP contribution in [0, 0.1) is 11.3 Å². The summed E-state index contributed by atoms with van der Waals surface area (Å²) in [5.41, 5.74) is 1.67. The first-order chi connectivity index (χ1) is 3.81. The van der Waals surface area contributed by atoms with Crippen molar-refractivity contribution >= 4 is 17.3 Å². The Bertz CT molecular complexity index is 114. The summed E-state index contributed by atoms with van der Waals surface area (Å²) in [4.78, 5) is 3.84. The molecule has 3 heteroatoms. The Hall–Kier alpha value is -0.490. The van der Waals surface area contributed by atoms with Crippen LogP contribution >= 0.6 is 11.8 Å². The van der Waals surface area contributed by atoms with Gasteiger partial charge in [0.15, 0.2) is 0 Å². The summed E-state index contributed by atoms with van der Waals surface area (Å²) in [6.45, 7) is 1.76. The van der Waals surface area contributed by atoms with E-state index in [0.29, 0.717) is 0 Å². The van der Waals surface area contributed by atoms with E-state index in [-0.39, 0.29) is 6.04 Å².